The van der Waals surface area contributed by atoms with Crippen molar-refractivity contribution < 1.29 is 5.11 Å². The van der Waals surface area contributed by atoms with E-state index in [1.165, 1.54) is 25.7 Å². The maximum Gasteiger partial charge on any atom is 0.0693 e. The molecular formula is C13H26N2O. The lowest BCUT2D eigenvalue weighted by Gasteiger charge is -2.32. The number of rotatable bonds is 5. The molecule has 0 amide bonds. The van der Waals surface area contributed by atoms with Crippen LogP contribution in [0.5, 0.6) is 0 Å². The number of nitrogens with one attached hydrogen (secondary N) is 1. The molecule has 2 aliphatic rings. The van der Waals surface area contributed by atoms with E-state index in [0.29, 0.717) is 12.1 Å². The third kappa shape index (κ3) is 3.19. The predicted octanol–water partition coefficient (Wildman–Crippen LogP) is 1.36. The lowest BCUT2D eigenvalue weighted by molar-refractivity contribution is 0.0864. The lowest BCUT2D eigenvalue weighted by Crippen LogP contribution is -2.48. The van der Waals surface area contributed by atoms with Gasteiger partial charge in [0.25, 0.3) is 0 Å². The summed E-state index contributed by atoms with van der Waals surface area (Å²) in [6.45, 7) is 3.29. The molecule has 3 atom stereocenters. The molecule has 2 rings (SSSR count). The largest absolute Gasteiger partial charge is 0.392 e. The molecule has 0 heterocycles. The Labute approximate surface area is 99.2 Å². The predicted molar refractivity (Wildman–Crippen MR) is 66.5 cm³/mol. The summed E-state index contributed by atoms with van der Waals surface area (Å²) in [5.41, 5.74) is 0. The molecule has 0 aromatic heterocycles. The fourth-order valence-electron chi connectivity index (χ4n) is 2.66. The van der Waals surface area contributed by atoms with Crippen molar-refractivity contribution in [3.63, 3.8) is 0 Å². The quantitative estimate of drug-likeness (QED) is 0.743. The van der Waals surface area contributed by atoms with Gasteiger partial charge in [-0.1, -0.05) is 12.8 Å². The number of aliphatic hydroxyl groups is 1. The second kappa shape index (κ2) is 5.48. The molecule has 0 bridgehead atoms. The van der Waals surface area contributed by atoms with Crippen LogP contribution in [-0.2, 0) is 0 Å². The van der Waals surface area contributed by atoms with Crippen molar-refractivity contribution in [2.24, 2.45) is 0 Å². The van der Waals surface area contributed by atoms with Crippen LogP contribution in [0, 0.1) is 0 Å². The number of nitrogens with zero attached hydrogens (tertiary/aromatic N) is 1. The van der Waals surface area contributed by atoms with Crippen LogP contribution in [0.2, 0.25) is 0 Å². The number of hydrogen-bond acceptors (Lipinski definition) is 3. The minimum Gasteiger partial charge on any atom is -0.392 e. The SMILES string of the molecule is CC(CN[C@@H]1CCCC[C@H]1O)N(C)C1CC1. The highest BCUT2D eigenvalue weighted by Gasteiger charge is 2.30. The zero-order valence-corrected chi connectivity index (χ0v) is 10.7. The van der Waals surface area contributed by atoms with E-state index in [9.17, 15) is 5.11 Å². The van der Waals surface area contributed by atoms with Crippen LogP contribution in [-0.4, -0.2) is 47.8 Å². The fourth-order valence-corrected chi connectivity index (χ4v) is 2.66. The minimum atomic E-state index is -0.118. The fraction of sp³-hybridized carbons (Fsp3) is 1.00. The molecule has 2 fully saturated rings. The molecule has 0 aromatic carbocycles. The first-order chi connectivity index (χ1) is 7.68. The average molecular weight is 226 g/mol. The summed E-state index contributed by atoms with van der Waals surface area (Å²) in [6.07, 6.45) is 7.19. The van der Waals surface area contributed by atoms with Gasteiger partial charge in [-0.3, -0.25) is 4.90 Å². The van der Waals surface area contributed by atoms with E-state index >= 15 is 0 Å². The summed E-state index contributed by atoms with van der Waals surface area (Å²) in [5.74, 6) is 0. The van der Waals surface area contributed by atoms with Crippen LogP contribution in [0.4, 0.5) is 0 Å². The van der Waals surface area contributed by atoms with E-state index < -0.39 is 0 Å². The van der Waals surface area contributed by atoms with Gasteiger partial charge in [0.05, 0.1) is 6.10 Å². The molecule has 2 saturated carbocycles. The summed E-state index contributed by atoms with van der Waals surface area (Å²) in [6, 6.07) is 1.75. The van der Waals surface area contributed by atoms with Crippen LogP contribution in [0.1, 0.15) is 45.4 Å². The maximum atomic E-state index is 9.87. The lowest BCUT2D eigenvalue weighted by atomic mass is 9.92. The summed E-state index contributed by atoms with van der Waals surface area (Å²) >= 11 is 0. The number of aliphatic hydroxyl groups excluding tert-OH is 1. The van der Waals surface area contributed by atoms with Gasteiger partial charge in [-0.15, -0.1) is 0 Å². The molecule has 0 spiro atoms. The topological polar surface area (TPSA) is 35.5 Å². The third-order valence-corrected chi connectivity index (χ3v) is 4.22. The van der Waals surface area contributed by atoms with Crippen molar-refractivity contribution in [1.29, 1.82) is 0 Å². The van der Waals surface area contributed by atoms with E-state index in [-0.39, 0.29) is 6.10 Å². The minimum absolute atomic E-state index is 0.118. The Bertz CT molecular complexity index is 218. The van der Waals surface area contributed by atoms with Crippen LogP contribution >= 0.6 is 0 Å². The smallest absolute Gasteiger partial charge is 0.0693 e. The maximum absolute atomic E-state index is 9.87. The summed E-state index contributed by atoms with van der Waals surface area (Å²) in [4.78, 5) is 2.47. The van der Waals surface area contributed by atoms with E-state index in [2.05, 4.69) is 24.2 Å². The Morgan fingerprint density at radius 2 is 1.94 bits per heavy atom. The Morgan fingerprint density at radius 1 is 1.25 bits per heavy atom. The molecular weight excluding hydrogens is 200 g/mol. The molecule has 2 N–H and O–H groups in total. The molecule has 94 valence electrons. The summed E-state index contributed by atoms with van der Waals surface area (Å²) < 4.78 is 0. The Kier molecular flexibility index (Phi) is 4.22. The van der Waals surface area contributed by atoms with Gasteiger partial charge in [-0.2, -0.15) is 0 Å². The standard InChI is InChI=1S/C13H26N2O/c1-10(15(2)11-7-8-11)9-14-12-5-3-4-6-13(12)16/h10-14,16H,3-9H2,1-2H3/t10?,12-,13-/m1/s1. The normalized spacial score (nSPS) is 33.0. The van der Waals surface area contributed by atoms with Gasteiger partial charge in [0.2, 0.25) is 0 Å². The Morgan fingerprint density at radius 3 is 2.56 bits per heavy atom. The van der Waals surface area contributed by atoms with E-state index in [1.54, 1.807) is 0 Å². The van der Waals surface area contributed by atoms with Gasteiger partial charge < -0.3 is 10.4 Å². The molecule has 0 saturated heterocycles. The van der Waals surface area contributed by atoms with Crippen molar-refractivity contribution in [3.05, 3.63) is 0 Å². The molecule has 2 aliphatic carbocycles. The van der Waals surface area contributed by atoms with Gasteiger partial charge in [0.1, 0.15) is 0 Å². The summed E-state index contributed by atoms with van der Waals surface area (Å²) in [5, 5.41) is 13.4. The van der Waals surface area contributed by atoms with Crippen molar-refractivity contribution in [2.75, 3.05) is 13.6 Å². The van der Waals surface area contributed by atoms with Crippen LogP contribution in [0.3, 0.4) is 0 Å². The number of likely N-dealkylation sites (N-methyl/N-ethyl adjacent to an activating group) is 1. The first kappa shape index (κ1) is 12.3. The number of hydrogen-bond donors (Lipinski definition) is 2. The van der Waals surface area contributed by atoms with Gasteiger partial charge in [-0.05, 0) is 39.7 Å². The second-order valence-corrected chi connectivity index (χ2v) is 5.61. The molecule has 16 heavy (non-hydrogen) atoms. The molecule has 0 radical (unpaired) electrons. The van der Waals surface area contributed by atoms with Crippen molar-refractivity contribution in [2.45, 2.75) is 69.7 Å². The van der Waals surface area contributed by atoms with Gasteiger partial charge >= 0.3 is 0 Å². The Balaban J connectivity index is 1.68. The Hall–Kier alpha value is -0.120. The first-order valence-corrected chi connectivity index (χ1v) is 6.82. The monoisotopic (exact) mass is 226 g/mol. The van der Waals surface area contributed by atoms with Crippen LogP contribution < -0.4 is 5.32 Å². The highest BCUT2D eigenvalue weighted by Crippen LogP contribution is 2.27. The van der Waals surface area contributed by atoms with Crippen LogP contribution in [0.15, 0.2) is 0 Å². The molecule has 0 aliphatic heterocycles. The van der Waals surface area contributed by atoms with Gasteiger partial charge in [-0.25, -0.2) is 0 Å². The van der Waals surface area contributed by atoms with Crippen LogP contribution in [0.25, 0.3) is 0 Å². The van der Waals surface area contributed by atoms with Crippen molar-refractivity contribution in [1.82, 2.24) is 10.2 Å². The van der Waals surface area contributed by atoms with Gasteiger partial charge in [0.15, 0.2) is 0 Å². The zero-order chi connectivity index (χ0) is 11.5. The molecule has 0 aromatic rings. The highest BCUT2D eigenvalue weighted by atomic mass is 16.3. The average Bonchev–Trinajstić information content (AvgIpc) is 3.10. The van der Waals surface area contributed by atoms with Gasteiger partial charge in [0, 0.05) is 24.7 Å². The van der Waals surface area contributed by atoms with E-state index in [1.807, 2.05) is 0 Å². The van der Waals surface area contributed by atoms with Crippen molar-refractivity contribution >= 4 is 0 Å². The first-order valence-electron chi connectivity index (χ1n) is 6.82. The third-order valence-electron chi connectivity index (χ3n) is 4.22. The summed E-state index contributed by atoms with van der Waals surface area (Å²) in [7, 11) is 2.22. The zero-order valence-electron chi connectivity index (χ0n) is 10.7. The molecule has 3 nitrogen and oxygen atoms in total. The highest BCUT2D eigenvalue weighted by molar-refractivity contribution is 4.87. The second-order valence-electron chi connectivity index (χ2n) is 5.61. The van der Waals surface area contributed by atoms with E-state index in [4.69, 9.17) is 0 Å². The van der Waals surface area contributed by atoms with Crippen molar-refractivity contribution in [3.8, 4) is 0 Å². The molecule has 1 unspecified atom stereocenters. The van der Waals surface area contributed by atoms with E-state index in [0.717, 1.165) is 25.4 Å². The molecule has 3 heteroatoms.